The van der Waals surface area contributed by atoms with Crippen LogP contribution in [0.15, 0.2) is 48.5 Å². The lowest BCUT2D eigenvalue weighted by molar-refractivity contribution is 0.660. The summed E-state index contributed by atoms with van der Waals surface area (Å²) >= 11 is 0. The number of hydrogen-bond donors (Lipinski definition) is 0. The van der Waals surface area contributed by atoms with Crippen molar-refractivity contribution in [3.05, 3.63) is 70.8 Å². The van der Waals surface area contributed by atoms with Crippen molar-refractivity contribution < 1.29 is 0 Å². The van der Waals surface area contributed by atoms with Crippen LogP contribution < -0.4 is 0 Å². The summed E-state index contributed by atoms with van der Waals surface area (Å²) in [5, 5.41) is 2.69. The van der Waals surface area contributed by atoms with Gasteiger partial charge in [0.1, 0.15) is 0 Å². The van der Waals surface area contributed by atoms with Crippen LogP contribution in [0.2, 0.25) is 0 Å². The topological polar surface area (TPSA) is 0 Å². The predicted octanol–water partition coefficient (Wildman–Crippen LogP) is 7.82. The van der Waals surface area contributed by atoms with Gasteiger partial charge in [-0.3, -0.25) is 0 Å². The maximum atomic E-state index is 2.40. The van der Waals surface area contributed by atoms with Crippen LogP contribution in [-0.4, -0.2) is 0 Å². The molecule has 0 spiro atoms. The maximum Gasteiger partial charge on any atom is 0.0159 e. The number of fused-ring (bicyclic) bond motifs is 4. The van der Waals surface area contributed by atoms with E-state index in [1.54, 1.807) is 0 Å². The molecule has 0 unspecified atom stereocenters. The normalized spacial score (nSPS) is 13.1. The van der Waals surface area contributed by atoms with Crippen LogP contribution in [0.1, 0.15) is 63.8 Å². The highest BCUT2D eigenvalue weighted by atomic mass is 14.4. The van der Waals surface area contributed by atoms with E-state index in [4.69, 9.17) is 0 Å². The minimum Gasteiger partial charge on any atom is -0.0683 e. The van der Waals surface area contributed by atoms with Crippen LogP contribution in [0.4, 0.5) is 0 Å². The highest BCUT2D eigenvalue weighted by molar-refractivity contribution is 5.93. The Morgan fingerprint density at radius 3 is 1.80 bits per heavy atom. The third kappa shape index (κ3) is 3.23. The van der Waals surface area contributed by atoms with E-state index < -0.39 is 0 Å². The highest BCUT2D eigenvalue weighted by Crippen LogP contribution is 2.49. The molecule has 132 valence electrons. The molecule has 0 aliphatic heterocycles. The monoisotopic (exact) mass is 332 g/mol. The number of rotatable bonds is 0. The second-order valence-electron chi connectivity index (χ2n) is 6.92. The van der Waals surface area contributed by atoms with Crippen molar-refractivity contribution in [2.75, 3.05) is 0 Å². The van der Waals surface area contributed by atoms with E-state index in [9.17, 15) is 0 Å². The van der Waals surface area contributed by atoms with E-state index in [0.29, 0.717) is 0 Å². The first-order valence-corrected chi connectivity index (χ1v) is 9.63. The molecule has 3 aromatic carbocycles. The molecule has 1 aliphatic rings. The summed E-state index contributed by atoms with van der Waals surface area (Å²) in [5.41, 5.74) is 8.50. The van der Waals surface area contributed by atoms with Crippen LogP contribution in [0.5, 0.6) is 0 Å². The van der Waals surface area contributed by atoms with Gasteiger partial charge in [-0.15, -0.1) is 0 Å². The molecular weight excluding hydrogens is 300 g/mol. The zero-order valence-electron chi connectivity index (χ0n) is 17.1. The lowest BCUT2D eigenvalue weighted by Gasteiger charge is -2.22. The zero-order chi connectivity index (χ0) is 18.8. The van der Waals surface area contributed by atoms with Crippen LogP contribution >= 0.6 is 0 Å². The minimum absolute atomic E-state index is 0.0919. The van der Waals surface area contributed by atoms with E-state index in [0.717, 1.165) is 0 Å². The van der Waals surface area contributed by atoms with Gasteiger partial charge in [0.15, 0.2) is 0 Å². The first kappa shape index (κ1) is 19.2. The van der Waals surface area contributed by atoms with Gasteiger partial charge in [0.2, 0.25) is 0 Å². The van der Waals surface area contributed by atoms with Gasteiger partial charge in [0.25, 0.3) is 0 Å². The molecule has 0 saturated carbocycles. The van der Waals surface area contributed by atoms with Crippen molar-refractivity contribution >= 4 is 10.8 Å². The summed E-state index contributed by atoms with van der Waals surface area (Å²) in [6, 6.07) is 18.4. The Morgan fingerprint density at radius 1 is 0.560 bits per heavy atom. The quantitative estimate of drug-likeness (QED) is 0.393. The zero-order valence-corrected chi connectivity index (χ0v) is 17.1. The molecule has 0 nitrogen and oxygen atoms in total. The summed E-state index contributed by atoms with van der Waals surface area (Å²) in [4.78, 5) is 0. The van der Waals surface area contributed by atoms with Gasteiger partial charge in [-0.25, -0.2) is 0 Å². The first-order valence-electron chi connectivity index (χ1n) is 9.63. The molecule has 25 heavy (non-hydrogen) atoms. The second kappa shape index (κ2) is 7.44. The fourth-order valence-electron chi connectivity index (χ4n) is 3.71. The Kier molecular flexibility index (Phi) is 5.72. The Morgan fingerprint density at radius 2 is 1.12 bits per heavy atom. The van der Waals surface area contributed by atoms with Crippen LogP contribution in [0.3, 0.4) is 0 Å². The van der Waals surface area contributed by atoms with Crippen molar-refractivity contribution in [1.82, 2.24) is 0 Å². The molecule has 0 N–H and O–H groups in total. The van der Waals surface area contributed by atoms with Crippen LogP contribution in [0, 0.1) is 13.8 Å². The molecule has 1 aliphatic carbocycles. The molecular formula is C25H32. The minimum atomic E-state index is 0.0919. The summed E-state index contributed by atoms with van der Waals surface area (Å²) in [7, 11) is 0. The van der Waals surface area contributed by atoms with E-state index in [1.807, 2.05) is 27.7 Å². The molecule has 0 amide bonds. The Balaban J connectivity index is 0.000000528. The van der Waals surface area contributed by atoms with E-state index in [2.05, 4.69) is 76.2 Å². The summed E-state index contributed by atoms with van der Waals surface area (Å²) in [6.45, 7) is 17.0. The van der Waals surface area contributed by atoms with Gasteiger partial charge in [0, 0.05) is 5.41 Å². The van der Waals surface area contributed by atoms with Gasteiger partial charge in [-0.05, 0) is 59.0 Å². The summed E-state index contributed by atoms with van der Waals surface area (Å²) < 4.78 is 0. The lowest BCUT2D eigenvalue weighted by atomic mass is 9.81. The Hall–Kier alpha value is -2.08. The molecule has 4 rings (SSSR count). The SMILES string of the molecule is CC.CC.Cc1ccc2c(c1)C(C)(C)c1cc3cc(C)ccc3cc1-2. The molecule has 0 aromatic heterocycles. The van der Waals surface area contributed by atoms with Gasteiger partial charge in [-0.2, -0.15) is 0 Å². The van der Waals surface area contributed by atoms with E-state index >= 15 is 0 Å². The molecule has 0 heterocycles. The standard InChI is InChI=1S/C21H20.2C2H6/c1-13-5-7-15-11-18-17-8-6-14(2)10-19(17)21(3,4)20(18)12-16(15)9-13;2*1-2/h5-12H,1-4H3;2*1-2H3. The molecule has 0 heteroatoms. The highest BCUT2D eigenvalue weighted by Gasteiger charge is 2.35. The predicted molar refractivity (Wildman–Crippen MR) is 114 cm³/mol. The Labute approximate surface area is 153 Å². The first-order chi connectivity index (χ1) is 12.0. The largest absolute Gasteiger partial charge is 0.0683 e. The van der Waals surface area contributed by atoms with Gasteiger partial charge < -0.3 is 0 Å². The van der Waals surface area contributed by atoms with Crippen molar-refractivity contribution in [3.8, 4) is 11.1 Å². The fourth-order valence-corrected chi connectivity index (χ4v) is 3.71. The molecule has 0 atom stereocenters. The maximum absolute atomic E-state index is 2.40. The van der Waals surface area contributed by atoms with Crippen molar-refractivity contribution in [2.45, 2.75) is 60.8 Å². The lowest BCUT2D eigenvalue weighted by Crippen LogP contribution is -2.15. The number of aryl methyl sites for hydroxylation is 2. The molecule has 0 saturated heterocycles. The summed E-state index contributed by atoms with van der Waals surface area (Å²) in [5.74, 6) is 0. The van der Waals surface area contributed by atoms with E-state index in [1.165, 1.54) is 44.2 Å². The van der Waals surface area contributed by atoms with Crippen LogP contribution in [0.25, 0.3) is 21.9 Å². The van der Waals surface area contributed by atoms with Gasteiger partial charge >= 0.3 is 0 Å². The third-order valence-corrected chi connectivity index (χ3v) is 4.94. The molecule has 0 bridgehead atoms. The van der Waals surface area contributed by atoms with Gasteiger partial charge in [-0.1, -0.05) is 89.1 Å². The Bertz CT molecular complexity index is 882. The fraction of sp³-hybridized carbons (Fsp3) is 0.360. The number of benzene rings is 3. The van der Waals surface area contributed by atoms with Crippen LogP contribution in [-0.2, 0) is 5.41 Å². The van der Waals surface area contributed by atoms with Gasteiger partial charge in [0.05, 0.1) is 0 Å². The third-order valence-electron chi connectivity index (χ3n) is 4.94. The molecule has 3 aromatic rings. The number of hydrogen-bond acceptors (Lipinski definition) is 0. The van der Waals surface area contributed by atoms with Crippen molar-refractivity contribution in [1.29, 1.82) is 0 Å². The van der Waals surface area contributed by atoms with E-state index in [-0.39, 0.29) is 5.41 Å². The van der Waals surface area contributed by atoms with Crippen molar-refractivity contribution in [3.63, 3.8) is 0 Å². The molecule has 0 fully saturated rings. The second-order valence-corrected chi connectivity index (χ2v) is 6.92. The smallest absolute Gasteiger partial charge is 0.0159 e. The van der Waals surface area contributed by atoms with Crippen molar-refractivity contribution in [2.24, 2.45) is 0 Å². The summed E-state index contributed by atoms with van der Waals surface area (Å²) in [6.07, 6.45) is 0. The molecule has 0 radical (unpaired) electrons. The average Bonchev–Trinajstić information content (AvgIpc) is 2.84. The average molecular weight is 333 g/mol.